The molecular formula is C36H54N2O. The molecule has 0 aromatic heterocycles. The summed E-state index contributed by atoms with van der Waals surface area (Å²) in [7, 11) is 4.37. The highest BCUT2D eigenvalue weighted by atomic mass is 16.5. The maximum atomic E-state index is 6.27. The van der Waals surface area contributed by atoms with Crippen LogP contribution >= 0.6 is 0 Å². The summed E-state index contributed by atoms with van der Waals surface area (Å²) in [6, 6.07) is 26.9. The zero-order valence-corrected chi connectivity index (χ0v) is 26.2. The predicted octanol–water partition coefficient (Wildman–Crippen LogP) is 9.16. The highest BCUT2D eigenvalue weighted by Gasteiger charge is 2.33. The second kappa shape index (κ2) is 17.0. The topological polar surface area (TPSA) is 15.7 Å². The van der Waals surface area contributed by atoms with E-state index in [1.165, 1.54) is 47.3 Å². The first-order valence-corrected chi connectivity index (χ1v) is 15.4. The molecule has 5 rings (SSSR count). The van der Waals surface area contributed by atoms with E-state index in [1.54, 1.807) is 0 Å². The average Bonchev–Trinajstić information content (AvgIpc) is 3.00. The van der Waals surface area contributed by atoms with Crippen molar-refractivity contribution < 1.29 is 4.74 Å². The van der Waals surface area contributed by atoms with E-state index >= 15 is 0 Å². The molecule has 2 aliphatic rings. The number of ether oxygens (including phenoxy) is 1. The first-order valence-electron chi connectivity index (χ1n) is 15.4. The molecule has 0 bridgehead atoms. The second-order valence-electron chi connectivity index (χ2n) is 10.1. The fourth-order valence-electron chi connectivity index (χ4n) is 5.70. The number of fused-ring (bicyclic) bond motifs is 1. The summed E-state index contributed by atoms with van der Waals surface area (Å²) in [6.07, 6.45) is 2.56. The van der Waals surface area contributed by atoms with Gasteiger partial charge in [0.2, 0.25) is 0 Å². The van der Waals surface area contributed by atoms with E-state index in [0.29, 0.717) is 18.4 Å². The van der Waals surface area contributed by atoms with Crippen LogP contribution in [0.15, 0.2) is 72.8 Å². The molecule has 0 amide bonds. The van der Waals surface area contributed by atoms with Crippen molar-refractivity contribution in [3.05, 3.63) is 95.1 Å². The standard InChI is InChI=1S/C30H36N2O.3C2H6/c1-22-9-14-27-29(19-22)33-21-28(24-7-5-4-6-8-24)30(27)25-10-12-26(13-11-25)32-17-15-23(16-18-32)20-31(2)3;3*1-2/h4-14,19,23,28,30H,15-18,20-21H2,1-3H3;3*1-2H3/t28-,30-;;;/m1.../s1. The Bertz CT molecular complexity index is 1050. The second-order valence-corrected chi connectivity index (χ2v) is 10.1. The predicted molar refractivity (Wildman–Crippen MR) is 172 cm³/mol. The van der Waals surface area contributed by atoms with E-state index in [-0.39, 0.29) is 0 Å². The maximum Gasteiger partial charge on any atom is 0.123 e. The highest BCUT2D eigenvalue weighted by Crippen LogP contribution is 2.46. The molecule has 39 heavy (non-hydrogen) atoms. The fraction of sp³-hybridized carbons (Fsp3) is 0.500. The van der Waals surface area contributed by atoms with Crippen LogP contribution < -0.4 is 9.64 Å². The first kappa shape index (κ1) is 32.4. The van der Waals surface area contributed by atoms with Crippen LogP contribution in [0.25, 0.3) is 0 Å². The number of piperidine rings is 1. The van der Waals surface area contributed by atoms with Gasteiger partial charge in [0.25, 0.3) is 0 Å². The molecule has 3 heteroatoms. The van der Waals surface area contributed by atoms with Gasteiger partial charge in [0.1, 0.15) is 5.75 Å². The lowest BCUT2D eigenvalue weighted by Crippen LogP contribution is -2.37. The number of nitrogens with zero attached hydrogens (tertiary/aromatic N) is 2. The Labute approximate surface area is 240 Å². The van der Waals surface area contributed by atoms with Gasteiger partial charge in [-0.15, -0.1) is 0 Å². The van der Waals surface area contributed by atoms with Gasteiger partial charge >= 0.3 is 0 Å². The van der Waals surface area contributed by atoms with Gasteiger partial charge in [0.05, 0.1) is 6.61 Å². The lowest BCUT2D eigenvalue weighted by molar-refractivity contribution is 0.249. The van der Waals surface area contributed by atoms with Gasteiger partial charge in [0.15, 0.2) is 0 Å². The van der Waals surface area contributed by atoms with Gasteiger partial charge in [-0.05, 0) is 74.7 Å². The Morgan fingerprint density at radius 1 is 0.769 bits per heavy atom. The van der Waals surface area contributed by atoms with E-state index in [9.17, 15) is 0 Å². The molecular weight excluding hydrogens is 476 g/mol. The number of hydrogen-bond acceptors (Lipinski definition) is 3. The van der Waals surface area contributed by atoms with Crippen molar-refractivity contribution in [2.24, 2.45) is 5.92 Å². The first-order chi connectivity index (χ1) is 19.1. The Balaban J connectivity index is 0.000000833. The molecule has 2 heterocycles. The zero-order chi connectivity index (χ0) is 28.8. The van der Waals surface area contributed by atoms with Crippen LogP contribution in [0.5, 0.6) is 5.75 Å². The monoisotopic (exact) mass is 530 g/mol. The van der Waals surface area contributed by atoms with Gasteiger partial charge < -0.3 is 14.5 Å². The molecule has 0 aliphatic carbocycles. The van der Waals surface area contributed by atoms with Crippen molar-refractivity contribution in [3.63, 3.8) is 0 Å². The van der Waals surface area contributed by atoms with Gasteiger partial charge in [-0.25, -0.2) is 0 Å². The van der Waals surface area contributed by atoms with Crippen LogP contribution in [-0.4, -0.2) is 45.2 Å². The summed E-state index contributed by atoms with van der Waals surface area (Å²) in [5.74, 6) is 2.48. The Morgan fingerprint density at radius 3 is 1.97 bits per heavy atom. The summed E-state index contributed by atoms with van der Waals surface area (Å²) < 4.78 is 6.27. The van der Waals surface area contributed by atoms with E-state index in [4.69, 9.17) is 4.74 Å². The summed E-state index contributed by atoms with van der Waals surface area (Å²) in [6.45, 7) is 18.4. The maximum absolute atomic E-state index is 6.27. The zero-order valence-electron chi connectivity index (χ0n) is 26.2. The lowest BCUT2D eigenvalue weighted by atomic mass is 9.75. The molecule has 3 aromatic rings. The lowest BCUT2D eigenvalue weighted by Gasteiger charge is -2.36. The fourth-order valence-corrected chi connectivity index (χ4v) is 5.70. The highest BCUT2D eigenvalue weighted by molar-refractivity contribution is 5.53. The minimum atomic E-state index is 0.302. The van der Waals surface area contributed by atoms with Crippen molar-refractivity contribution in [3.8, 4) is 5.75 Å². The number of hydrogen-bond donors (Lipinski definition) is 0. The van der Waals surface area contributed by atoms with Crippen molar-refractivity contribution >= 4 is 5.69 Å². The number of benzene rings is 3. The minimum Gasteiger partial charge on any atom is -0.493 e. The number of rotatable bonds is 5. The number of anilines is 1. The van der Waals surface area contributed by atoms with Gasteiger partial charge in [-0.1, -0.05) is 96.1 Å². The molecule has 2 atom stereocenters. The molecule has 0 unspecified atom stereocenters. The van der Waals surface area contributed by atoms with Crippen molar-refractivity contribution in [2.75, 3.05) is 45.2 Å². The SMILES string of the molecule is CC.CC.CC.Cc1ccc2c(c1)OC[C@H](c1ccccc1)[C@@H]2c1ccc(N2CCC(CN(C)C)CC2)cc1. The molecule has 1 fully saturated rings. The summed E-state index contributed by atoms with van der Waals surface area (Å²) in [5, 5.41) is 0. The smallest absolute Gasteiger partial charge is 0.123 e. The van der Waals surface area contributed by atoms with Crippen LogP contribution in [0, 0.1) is 12.8 Å². The van der Waals surface area contributed by atoms with Crippen molar-refractivity contribution in [2.45, 2.75) is 73.1 Å². The minimum absolute atomic E-state index is 0.302. The molecule has 0 radical (unpaired) electrons. The van der Waals surface area contributed by atoms with E-state index < -0.39 is 0 Å². The van der Waals surface area contributed by atoms with E-state index in [0.717, 1.165) is 24.8 Å². The Morgan fingerprint density at radius 2 is 1.38 bits per heavy atom. The average molecular weight is 531 g/mol. The molecule has 0 N–H and O–H groups in total. The molecule has 3 aromatic carbocycles. The molecule has 0 spiro atoms. The van der Waals surface area contributed by atoms with E-state index in [2.05, 4.69) is 104 Å². The normalized spacial score (nSPS) is 18.3. The Hall–Kier alpha value is -2.78. The number of aryl methyl sites for hydroxylation is 1. The van der Waals surface area contributed by atoms with E-state index in [1.807, 2.05) is 41.5 Å². The molecule has 0 saturated carbocycles. The Kier molecular flexibility index (Phi) is 14.2. The van der Waals surface area contributed by atoms with Crippen LogP contribution in [0.2, 0.25) is 0 Å². The van der Waals surface area contributed by atoms with Crippen molar-refractivity contribution in [1.29, 1.82) is 0 Å². The van der Waals surface area contributed by atoms with Crippen LogP contribution in [-0.2, 0) is 0 Å². The van der Waals surface area contributed by atoms with Crippen LogP contribution in [0.4, 0.5) is 5.69 Å². The van der Waals surface area contributed by atoms with Crippen molar-refractivity contribution in [1.82, 2.24) is 4.90 Å². The molecule has 214 valence electrons. The van der Waals surface area contributed by atoms with Gasteiger partial charge in [0, 0.05) is 42.7 Å². The van der Waals surface area contributed by atoms with Gasteiger partial charge in [-0.2, -0.15) is 0 Å². The summed E-state index contributed by atoms with van der Waals surface area (Å²) in [5.41, 5.74) is 6.63. The third-order valence-corrected chi connectivity index (χ3v) is 7.41. The molecule has 1 saturated heterocycles. The summed E-state index contributed by atoms with van der Waals surface area (Å²) >= 11 is 0. The third kappa shape index (κ3) is 8.60. The summed E-state index contributed by atoms with van der Waals surface area (Å²) in [4.78, 5) is 4.89. The largest absolute Gasteiger partial charge is 0.493 e. The van der Waals surface area contributed by atoms with Crippen LogP contribution in [0.3, 0.4) is 0 Å². The van der Waals surface area contributed by atoms with Gasteiger partial charge in [-0.3, -0.25) is 0 Å². The quantitative estimate of drug-likeness (QED) is 0.327. The molecule has 3 nitrogen and oxygen atoms in total. The third-order valence-electron chi connectivity index (χ3n) is 7.41. The van der Waals surface area contributed by atoms with Crippen LogP contribution in [0.1, 0.15) is 88.5 Å². The molecule has 2 aliphatic heterocycles.